The summed E-state index contributed by atoms with van der Waals surface area (Å²) in [6, 6.07) is 6.06. The van der Waals surface area contributed by atoms with Gasteiger partial charge in [0.25, 0.3) is 0 Å². The highest BCUT2D eigenvalue weighted by atomic mass is 16.2. The number of carbonyl (C=O) groups excluding carboxylic acids is 1. The first-order chi connectivity index (χ1) is 12.4. The van der Waals surface area contributed by atoms with Crippen LogP contribution in [0.25, 0.3) is 0 Å². The van der Waals surface area contributed by atoms with Gasteiger partial charge >= 0.3 is 0 Å². The number of likely N-dealkylation sites (N-methyl/N-ethyl adjacent to an activating group) is 1. The van der Waals surface area contributed by atoms with Crippen LogP contribution in [0, 0.1) is 0 Å². The first-order valence-corrected chi connectivity index (χ1v) is 9.36. The van der Waals surface area contributed by atoms with E-state index in [0.29, 0.717) is 6.54 Å². The summed E-state index contributed by atoms with van der Waals surface area (Å²) in [6.45, 7) is 9.94. The molecule has 26 heavy (non-hydrogen) atoms. The Morgan fingerprint density at radius 1 is 1.23 bits per heavy atom. The van der Waals surface area contributed by atoms with Crippen molar-refractivity contribution in [1.29, 1.82) is 0 Å². The van der Waals surface area contributed by atoms with Gasteiger partial charge in [-0.3, -0.25) is 14.7 Å². The Kier molecular flexibility index (Phi) is 5.41. The van der Waals surface area contributed by atoms with Gasteiger partial charge in [0, 0.05) is 38.3 Å². The molecular weight excluding hydrogens is 326 g/mol. The highest BCUT2D eigenvalue weighted by molar-refractivity contribution is 5.83. The molecule has 1 aliphatic rings. The van der Waals surface area contributed by atoms with Gasteiger partial charge in [0.1, 0.15) is 6.04 Å². The van der Waals surface area contributed by atoms with Crippen molar-refractivity contribution >= 4 is 5.91 Å². The van der Waals surface area contributed by atoms with Crippen molar-refractivity contribution in [3.63, 3.8) is 0 Å². The summed E-state index contributed by atoms with van der Waals surface area (Å²) in [5, 5.41) is 0. The van der Waals surface area contributed by atoms with Gasteiger partial charge in [-0.2, -0.15) is 0 Å². The molecule has 1 atom stereocenters. The molecule has 0 aliphatic carbocycles. The Hall–Kier alpha value is -2.21. The summed E-state index contributed by atoms with van der Waals surface area (Å²) < 4.78 is 2.15. The van der Waals surface area contributed by atoms with E-state index < -0.39 is 0 Å². The molecule has 2 aromatic heterocycles. The van der Waals surface area contributed by atoms with E-state index in [1.165, 1.54) is 0 Å². The van der Waals surface area contributed by atoms with Gasteiger partial charge in [0.2, 0.25) is 5.91 Å². The molecule has 1 aliphatic heterocycles. The van der Waals surface area contributed by atoms with Crippen LogP contribution in [0.15, 0.2) is 30.7 Å². The number of rotatable bonds is 5. The Bertz CT molecular complexity index is 753. The molecule has 6 heteroatoms. The minimum Gasteiger partial charge on any atom is -0.338 e. The molecule has 1 amide bonds. The van der Waals surface area contributed by atoms with E-state index in [1.807, 2.05) is 31.6 Å². The number of carbonyl (C=O) groups is 1. The fourth-order valence-corrected chi connectivity index (χ4v) is 3.67. The maximum atomic E-state index is 13.5. The number of imidazole rings is 1. The monoisotopic (exact) mass is 355 g/mol. The van der Waals surface area contributed by atoms with Crippen LogP contribution in [-0.4, -0.2) is 49.9 Å². The van der Waals surface area contributed by atoms with E-state index in [1.54, 1.807) is 11.1 Å². The zero-order valence-corrected chi connectivity index (χ0v) is 16.4. The second-order valence-electron chi connectivity index (χ2n) is 7.58. The molecule has 2 aromatic rings. The minimum atomic E-state index is -0.294. The minimum absolute atomic E-state index is 0.104. The SMILES string of the molecule is CC(C)N1CCc2ncn(C(C)C)c2[C@H]1C(=O)N(C)Cc1ccccn1. The second kappa shape index (κ2) is 7.58. The van der Waals surface area contributed by atoms with Crippen LogP contribution in [0.4, 0.5) is 0 Å². The number of nitrogens with zero attached hydrogens (tertiary/aromatic N) is 5. The number of pyridine rings is 1. The molecule has 0 saturated heterocycles. The third-order valence-corrected chi connectivity index (χ3v) is 5.06. The van der Waals surface area contributed by atoms with Crippen LogP contribution in [0.5, 0.6) is 0 Å². The van der Waals surface area contributed by atoms with Crippen molar-refractivity contribution in [2.75, 3.05) is 13.6 Å². The molecular formula is C20H29N5O. The fourth-order valence-electron chi connectivity index (χ4n) is 3.67. The van der Waals surface area contributed by atoms with Crippen LogP contribution < -0.4 is 0 Å². The van der Waals surface area contributed by atoms with Crippen molar-refractivity contribution in [3.8, 4) is 0 Å². The second-order valence-corrected chi connectivity index (χ2v) is 7.58. The lowest BCUT2D eigenvalue weighted by Crippen LogP contribution is -2.48. The zero-order valence-electron chi connectivity index (χ0n) is 16.4. The molecule has 140 valence electrons. The molecule has 0 saturated carbocycles. The van der Waals surface area contributed by atoms with E-state index in [9.17, 15) is 4.79 Å². The molecule has 0 bridgehead atoms. The van der Waals surface area contributed by atoms with Crippen LogP contribution in [0.2, 0.25) is 0 Å². The van der Waals surface area contributed by atoms with E-state index in [4.69, 9.17) is 0 Å². The Morgan fingerprint density at radius 3 is 2.62 bits per heavy atom. The number of hydrogen-bond donors (Lipinski definition) is 0. The number of hydrogen-bond acceptors (Lipinski definition) is 4. The van der Waals surface area contributed by atoms with Gasteiger partial charge in [-0.1, -0.05) is 6.07 Å². The lowest BCUT2D eigenvalue weighted by Gasteiger charge is -2.40. The summed E-state index contributed by atoms with van der Waals surface area (Å²) in [5.41, 5.74) is 3.01. The molecule has 0 unspecified atom stereocenters. The third kappa shape index (κ3) is 3.51. The van der Waals surface area contributed by atoms with Crippen LogP contribution in [0.1, 0.15) is 56.9 Å². The third-order valence-electron chi connectivity index (χ3n) is 5.06. The summed E-state index contributed by atoms with van der Waals surface area (Å²) in [7, 11) is 1.86. The van der Waals surface area contributed by atoms with Crippen LogP contribution in [0.3, 0.4) is 0 Å². The standard InChI is InChI=1S/C20H29N5O/c1-14(2)24-11-9-17-18(25(13-22-17)15(3)4)19(24)20(26)23(5)12-16-8-6-7-10-21-16/h6-8,10,13-15,19H,9,11-12H2,1-5H3/t19-/m0/s1. The predicted molar refractivity (Wildman–Crippen MR) is 102 cm³/mol. The molecule has 0 fully saturated rings. The van der Waals surface area contributed by atoms with E-state index >= 15 is 0 Å². The normalized spacial score (nSPS) is 17.6. The Morgan fingerprint density at radius 2 is 2.00 bits per heavy atom. The van der Waals surface area contributed by atoms with Gasteiger partial charge in [0.05, 0.1) is 30.0 Å². The number of fused-ring (bicyclic) bond motifs is 1. The van der Waals surface area contributed by atoms with Gasteiger partial charge < -0.3 is 9.47 Å². The molecule has 0 spiro atoms. The highest BCUT2D eigenvalue weighted by Gasteiger charge is 2.39. The molecule has 3 heterocycles. The maximum absolute atomic E-state index is 13.5. The van der Waals surface area contributed by atoms with Gasteiger partial charge in [-0.15, -0.1) is 0 Å². The topological polar surface area (TPSA) is 54.3 Å². The van der Waals surface area contributed by atoms with Gasteiger partial charge in [-0.25, -0.2) is 4.98 Å². The lowest BCUT2D eigenvalue weighted by atomic mass is 9.98. The zero-order chi connectivity index (χ0) is 18.8. The molecule has 0 N–H and O–H groups in total. The smallest absolute Gasteiger partial charge is 0.246 e. The molecule has 6 nitrogen and oxygen atoms in total. The van der Waals surface area contributed by atoms with Crippen LogP contribution in [-0.2, 0) is 17.8 Å². The van der Waals surface area contributed by atoms with E-state index in [0.717, 1.165) is 30.0 Å². The summed E-state index contributed by atoms with van der Waals surface area (Å²) >= 11 is 0. The van der Waals surface area contributed by atoms with E-state index in [2.05, 4.69) is 47.1 Å². The van der Waals surface area contributed by atoms with Crippen LogP contribution >= 0.6 is 0 Å². The molecule has 0 aromatic carbocycles. The van der Waals surface area contributed by atoms with E-state index in [-0.39, 0.29) is 24.0 Å². The molecule has 3 rings (SSSR count). The maximum Gasteiger partial charge on any atom is 0.246 e. The number of aromatic nitrogens is 3. The first kappa shape index (κ1) is 18.6. The van der Waals surface area contributed by atoms with Gasteiger partial charge in [-0.05, 0) is 39.8 Å². The highest BCUT2D eigenvalue weighted by Crippen LogP contribution is 2.34. The van der Waals surface area contributed by atoms with Crippen molar-refractivity contribution in [1.82, 2.24) is 24.3 Å². The van der Waals surface area contributed by atoms with Crippen molar-refractivity contribution < 1.29 is 4.79 Å². The summed E-state index contributed by atoms with van der Waals surface area (Å²) in [6.07, 6.45) is 4.54. The predicted octanol–water partition coefficient (Wildman–Crippen LogP) is 2.83. The fraction of sp³-hybridized carbons (Fsp3) is 0.550. The van der Waals surface area contributed by atoms with Crippen molar-refractivity contribution in [2.45, 2.75) is 58.8 Å². The average molecular weight is 355 g/mol. The first-order valence-electron chi connectivity index (χ1n) is 9.36. The average Bonchev–Trinajstić information content (AvgIpc) is 3.05. The summed E-state index contributed by atoms with van der Waals surface area (Å²) in [5.74, 6) is 0.104. The lowest BCUT2D eigenvalue weighted by molar-refractivity contribution is -0.138. The summed E-state index contributed by atoms with van der Waals surface area (Å²) in [4.78, 5) is 26.5. The van der Waals surface area contributed by atoms with Crippen molar-refractivity contribution in [3.05, 3.63) is 47.8 Å². The van der Waals surface area contributed by atoms with Crippen molar-refractivity contribution in [2.24, 2.45) is 0 Å². The Balaban J connectivity index is 1.94. The quantitative estimate of drug-likeness (QED) is 0.828. The molecule has 0 radical (unpaired) electrons. The Labute approximate surface area is 155 Å². The number of amides is 1. The largest absolute Gasteiger partial charge is 0.338 e. The van der Waals surface area contributed by atoms with Gasteiger partial charge in [0.15, 0.2) is 0 Å².